The molecule has 0 heterocycles. The maximum absolute atomic E-state index is 5.94. The molecule has 0 aliphatic heterocycles. The highest BCUT2D eigenvalue weighted by Crippen LogP contribution is 2.41. The van der Waals surface area contributed by atoms with E-state index in [2.05, 4.69) is 13.8 Å². The Labute approximate surface area is 59.4 Å². The minimum atomic E-state index is 0.159. The van der Waals surface area contributed by atoms with Crippen molar-refractivity contribution >= 4 is 7.85 Å². The van der Waals surface area contributed by atoms with Crippen molar-refractivity contribution in [1.82, 2.24) is 0 Å². The van der Waals surface area contributed by atoms with Crippen LogP contribution in [0.2, 0.25) is 5.31 Å². The molecular weight excluding hydrogens is 107 g/mol. The zero-order valence-electron chi connectivity index (χ0n) is 6.48. The number of rotatable bonds is 0. The van der Waals surface area contributed by atoms with Gasteiger partial charge in [-0.2, -0.15) is 0 Å². The number of hydrogen-bond donors (Lipinski definition) is 0. The van der Waals surface area contributed by atoms with Crippen LogP contribution < -0.4 is 0 Å². The van der Waals surface area contributed by atoms with Crippen LogP contribution in [0.15, 0.2) is 0 Å². The molecule has 1 aliphatic carbocycles. The van der Waals surface area contributed by atoms with Crippen LogP contribution >= 0.6 is 0 Å². The van der Waals surface area contributed by atoms with Crippen molar-refractivity contribution in [2.24, 2.45) is 5.92 Å². The summed E-state index contributed by atoms with van der Waals surface area (Å²) in [7, 11) is 5.94. The first-order chi connectivity index (χ1) is 4.10. The highest BCUT2D eigenvalue weighted by atomic mass is 14.3. The van der Waals surface area contributed by atoms with Crippen LogP contribution in [0.1, 0.15) is 39.5 Å². The Morgan fingerprint density at radius 1 is 1.33 bits per heavy atom. The monoisotopic (exact) mass is 122 g/mol. The van der Waals surface area contributed by atoms with Gasteiger partial charge in [0.25, 0.3) is 0 Å². The van der Waals surface area contributed by atoms with E-state index >= 15 is 0 Å². The van der Waals surface area contributed by atoms with Gasteiger partial charge in [0, 0.05) is 0 Å². The molecule has 1 saturated carbocycles. The van der Waals surface area contributed by atoms with Gasteiger partial charge < -0.3 is 0 Å². The predicted molar refractivity (Wildman–Crippen MR) is 41.8 cm³/mol. The fourth-order valence-corrected chi connectivity index (χ4v) is 1.42. The molecule has 0 aromatic rings. The molecule has 1 rings (SSSR count). The summed E-state index contributed by atoms with van der Waals surface area (Å²) in [5.41, 5.74) is 0. The Hall–Kier alpha value is 0.0649. The summed E-state index contributed by atoms with van der Waals surface area (Å²) in [6, 6.07) is 0. The lowest BCUT2D eigenvalue weighted by molar-refractivity contribution is 0.322. The van der Waals surface area contributed by atoms with E-state index in [1.165, 1.54) is 25.7 Å². The molecule has 2 radical (unpaired) electrons. The summed E-state index contributed by atoms with van der Waals surface area (Å²) in [5, 5.41) is 0.159. The molecule has 0 unspecified atom stereocenters. The van der Waals surface area contributed by atoms with E-state index in [1.807, 2.05) is 0 Å². The summed E-state index contributed by atoms with van der Waals surface area (Å²) in [5.74, 6) is 0.918. The van der Waals surface area contributed by atoms with Crippen molar-refractivity contribution in [3.63, 3.8) is 0 Å². The van der Waals surface area contributed by atoms with Gasteiger partial charge in [-0.25, -0.2) is 0 Å². The Balaban J connectivity index is 2.35. The van der Waals surface area contributed by atoms with Crippen molar-refractivity contribution in [3.8, 4) is 0 Å². The smallest absolute Gasteiger partial charge is 0.0688 e. The first-order valence-electron chi connectivity index (χ1n) is 3.89. The highest BCUT2D eigenvalue weighted by molar-refractivity contribution is 6.14. The lowest BCUT2D eigenvalue weighted by Crippen LogP contribution is -2.16. The molecule has 1 aliphatic rings. The SMILES string of the molecule is [B]C1(C)CCC(C)CC1. The molecule has 0 amide bonds. The lowest BCUT2D eigenvalue weighted by atomic mass is 9.60. The van der Waals surface area contributed by atoms with Gasteiger partial charge in [-0.15, -0.1) is 0 Å². The first kappa shape index (κ1) is 7.18. The fourth-order valence-electron chi connectivity index (χ4n) is 1.42. The highest BCUT2D eigenvalue weighted by Gasteiger charge is 2.23. The largest absolute Gasteiger partial charge is 0.0742 e. The normalized spacial score (nSPS) is 44.9. The van der Waals surface area contributed by atoms with Gasteiger partial charge in [-0.3, -0.25) is 0 Å². The van der Waals surface area contributed by atoms with Crippen LogP contribution in [0.5, 0.6) is 0 Å². The van der Waals surface area contributed by atoms with Crippen molar-refractivity contribution in [2.75, 3.05) is 0 Å². The van der Waals surface area contributed by atoms with Crippen molar-refractivity contribution in [2.45, 2.75) is 44.8 Å². The standard InChI is InChI=1S/C8H15B/c1-7-3-5-8(2,9)6-4-7/h7H,3-6H2,1-2H3. The Morgan fingerprint density at radius 2 is 1.78 bits per heavy atom. The minimum absolute atomic E-state index is 0.159. The molecule has 50 valence electrons. The molecule has 0 aromatic heterocycles. The molecule has 1 heteroatoms. The maximum atomic E-state index is 5.94. The predicted octanol–water partition coefficient (Wildman–Crippen LogP) is 2.54. The van der Waals surface area contributed by atoms with E-state index in [-0.39, 0.29) is 5.31 Å². The fraction of sp³-hybridized carbons (Fsp3) is 1.00. The Morgan fingerprint density at radius 3 is 2.11 bits per heavy atom. The zero-order chi connectivity index (χ0) is 6.91. The molecule has 0 saturated heterocycles. The Bertz CT molecular complexity index is 86.7. The summed E-state index contributed by atoms with van der Waals surface area (Å²) >= 11 is 0. The summed E-state index contributed by atoms with van der Waals surface area (Å²) in [6.45, 7) is 4.48. The molecule has 9 heavy (non-hydrogen) atoms. The van der Waals surface area contributed by atoms with Crippen LogP contribution in [0.25, 0.3) is 0 Å². The van der Waals surface area contributed by atoms with Crippen LogP contribution in [-0.4, -0.2) is 7.85 Å². The van der Waals surface area contributed by atoms with Gasteiger partial charge in [0.15, 0.2) is 0 Å². The van der Waals surface area contributed by atoms with E-state index in [1.54, 1.807) is 0 Å². The molecular formula is C8H15B. The minimum Gasteiger partial charge on any atom is -0.0688 e. The molecule has 0 N–H and O–H groups in total. The van der Waals surface area contributed by atoms with Crippen LogP contribution in [0.3, 0.4) is 0 Å². The Kier molecular flexibility index (Phi) is 1.88. The molecule has 0 atom stereocenters. The van der Waals surface area contributed by atoms with Gasteiger partial charge in [-0.05, 0) is 5.92 Å². The van der Waals surface area contributed by atoms with Crippen LogP contribution in [0.4, 0.5) is 0 Å². The third kappa shape index (κ3) is 2.04. The second kappa shape index (κ2) is 2.36. The quantitative estimate of drug-likeness (QED) is 0.433. The average Bonchev–Trinajstić information content (AvgIpc) is 1.78. The second-order valence-electron chi connectivity index (χ2n) is 3.84. The molecule has 0 spiro atoms. The van der Waals surface area contributed by atoms with E-state index in [0.29, 0.717) is 0 Å². The third-order valence-electron chi connectivity index (χ3n) is 2.42. The van der Waals surface area contributed by atoms with Crippen molar-refractivity contribution in [3.05, 3.63) is 0 Å². The van der Waals surface area contributed by atoms with Gasteiger partial charge in [0.2, 0.25) is 0 Å². The molecule has 0 bridgehead atoms. The topological polar surface area (TPSA) is 0 Å². The van der Waals surface area contributed by atoms with Gasteiger partial charge >= 0.3 is 0 Å². The first-order valence-corrected chi connectivity index (χ1v) is 3.89. The van der Waals surface area contributed by atoms with Crippen molar-refractivity contribution in [1.29, 1.82) is 0 Å². The van der Waals surface area contributed by atoms with Crippen LogP contribution in [0, 0.1) is 5.92 Å². The van der Waals surface area contributed by atoms with Gasteiger partial charge in [0.1, 0.15) is 0 Å². The van der Waals surface area contributed by atoms with Crippen molar-refractivity contribution < 1.29 is 0 Å². The summed E-state index contributed by atoms with van der Waals surface area (Å²) in [4.78, 5) is 0. The van der Waals surface area contributed by atoms with E-state index in [9.17, 15) is 0 Å². The summed E-state index contributed by atoms with van der Waals surface area (Å²) < 4.78 is 0. The van der Waals surface area contributed by atoms with E-state index < -0.39 is 0 Å². The lowest BCUT2D eigenvalue weighted by Gasteiger charge is -2.33. The maximum Gasteiger partial charge on any atom is 0.0742 e. The second-order valence-corrected chi connectivity index (χ2v) is 3.84. The molecule has 1 fully saturated rings. The van der Waals surface area contributed by atoms with E-state index in [0.717, 1.165) is 5.92 Å². The number of hydrogen-bond acceptors (Lipinski definition) is 0. The third-order valence-corrected chi connectivity index (χ3v) is 2.42. The average molecular weight is 122 g/mol. The van der Waals surface area contributed by atoms with Gasteiger partial charge in [0.05, 0.1) is 7.85 Å². The van der Waals surface area contributed by atoms with Crippen LogP contribution in [-0.2, 0) is 0 Å². The molecule has 0 nitrogen and oxygen atoms in total. The zero-order valence-corrected chi connectivity index (χ0v) is 6.48. The van der Waals surface area contributed by atoms with Gasteiger partial charge in [-0.1, -0.05) is 44.8 Å². The van der Waals surface area contributed by atoms with E-state index in [4.69, 9.17) is 7.85 Å². The summed E-state index contributed by atoms with van der Waals surface area (Å²) in [6.07, 6.45) is 5.09. The molecule has 0 aromatic carbocycles.